The van der Waals surface area contributed by atoms with Crippen molar-refractivity contribution in [3.63, 3.8) is 0 Å². The van der Waals surface area contributed by atoms with Gasteiger partial charge in [-0.3, -0.25) is 0 Å². The fraction of sp³-hybridized carbons (Fsp3) is 0.188. The molecule has 0 atom stereocenters. The number of hydrogen-bond donors (Lipinski definition) is 2. The molecule has 0 saturated heterocycles. The number of methoxy groups -OCH3 is 1. The summed E-state index contributed by atoms with van der Waals surface area (Å²) >= 11 is 5.86. The Morgan fingerprint density at radius 3 is 2.54 bits per heavy atom. The van der Waals surface area contributed by atoms with E-state index in [2.05, 4.69) is 9.97 Å². The number of nitrogens with one attached hydrogen (secondary N) is 1. The maximum absolute atomic E-state index is 12.9. The lowest BCUT2D eigenvalue weighted by atomic mass is 10.1. The van der Waals surface area contributed by atoms with Crippen molar-refractivity contribution in [1.29, 1.82) is 0 Å². The number of anilines is 1. The van der Waals surface area contributed by atoms with E-state index in [4.69, 9.17) is 24.4 Å². The number of carbonyl (C=O) groups excluding carboxylic acids is 1. The van der Waals surface area contributed by atoms with Crippen LogP contribution in [0.25, 0.3) is 0 Å². The minimum absolute atomic E-state index is 0.0765. The third-order valence-corrected chi connectivity index (χ3v) is 3.74. The van der Waals surface area contributed by atoms with Crippen molar-refractivity contribution in [2.24, 2.45) is 0 Å². The smallest absolute Gasteiger partial charge is 0.416 e. The minimum atomic E-state index is -4.56. The van der Waals surface area contributed by atoms with Crippen LogP contribution in [0, 0.1) is 0 Å². The predicted octanol–water partition coefficient (Wildman–Crippen LogP) is 3.93. The number of benzene rings is 2. The lowest BCUT2D eigenvalue weighted by Crippen LogP contribution is -2.09. The molecule has 0 spiro atoms. The van der Waals surface area contributed by atoms with E-state index in [1.807, 2.05) is 0 Å². The van der Waals surface area contributed by atoms with Gasteiger partial charge >= 0.3 is 20.2 Å². The van der Waals surface area contributed by atoms with Crippen molar-refractivity contribution >= 4 is 31.3 Å². The van der Waals surface area contributed by atoms with Gasteiger partial charge in [0.05, 0.1) is 23.3 Å². The Hall–Kier alpha value is -2.55. The summed E-state index contributed by atoms with van der Waals surface area (Å²) in [6.45, 7) is -0.0765. The molecular weight excluding hydrogens is 373 g/mol. The molecular formula is C16H12BClF3NO4. The molecule has 2 N–H and O–H groups in total. The first-order valence-corrected chi connectivity index (χ1v) is 7.46. The molecule has 0 aliphatic rings. The number of carbonyl (C=O) groups is 1. The summed E-state index contributed by atoms with van der Waals surface area (Å²) in [5.74, 6) is -1.24. The van der Waals surface area contributed by atoms with Gasteiger partial charge in [-0.2, -0.15) is 13.2 Å². The molecule has 0 amide bonds. The van der Waals surface area contributed by atoms with Crippen LogP contribution in [0.5, 0.6) is 11.5 Å². The van der Waals surface area contributed by atoms with Gasteiger partial charge in [-0.25, -0.2) is 4.79 Å². The van der Waals surface area contributed by atoms with E-state index in [-0.39, 0.29) is 28.4 Å². The highest BCUT2D eigenvalue weighted by Crippen LogP contribution is 2.37. The van der Waals surface area contributed by atoms with E-state index in [9.17, 15) is 23.1 Å². The number of phenols is 1. The maximum Gasteiger partial charge on any atom is 0.416 e. The van der Waals surface area contributed by atoms with Crippen LogP contribution in [-0.2, 0) is 17.4 Å². The first kappa shape index (κ1) is 19.8. The van der Waals surface area contributed by atoms with E-state index < -0.39 is 23.5 Å². The summed E-state index contributed by atoms with van der Waals surface area (Å²) in [5, 5.41) is 12.4. The van der Waals surface area contributed by atoms with Crippen LogP contribution < -0.4 is 10.1 Å². The van der Waals surface area contributed by atoms with Crippen molar-refractivity contribution in [3.8, 4) is 11.5 Å². The van der Waals surface area contributed by atoms with Gasteiger partial charge in [0.1, 0.15) is 11.5 Å². The Labute approximate surface area is 153 Å². The molecule has 2 radical (unpaired) electrons. The van der Waals surface area contributed by atoms with Gasteiger partial charge in [0.15, 0.2) is 0 Å². The molecule has 136 valence electrons. The fourth-order valence-electron chi connectivity index (χ4n) is 2.25. The molecule has 2 aromatic carbocycles. The van der Waals surface area contributed by atoms with Crippen LogP contribution in [0.1, 0.15) is 21.5 Å². The van der Waals surface area contributed by atoms with Gasteiger partial charge in [0, 0.05) is 23.9 Å². The molecule has 0 heterocycles. The number of rotatable bonds is 5. The second-order valence-electron chi connectivity index (χ2n) is 5.14. The quantitative estimate of drug-likeness (QED) is 0.764. The molecule has 2 rings (SSSR count). The Bertz CT molecular complexity index is 830. The summed E-state index contributed by atoms with van der Waals surface area (Å²) in [4.78, 5) is 11.3. The van der Waals surface area contributed by atoms with Crippen molar-refractivity contribution in [1.82, 2.24) is 0 Å². The molecule has 0 aliphatic carbocycles. The molecule has 0 saturated carbocycles. The zero-order chi connectivity index (χ0) is 19.5. The topological polar surface area (TPSA) is 67.8 Å². The summed E-state index contributed by atoms with van der Waals surface area (Å²) in [5.41, 5.74) is -0.564. The lowest BCUT2D eigenvalue weighted by molar-refractivity contribution is -0.137. The molecule has 26 heavy (non-hydrogen) atoms. The standard InChI is InChI=1S/C16H12BClF3NO4/c1-25-14-8(4-9(5-12(14)18)16(19,20)21)7-22-10-2-3-11(13(23)6-10)15(24)26-17/h2-6,22-23H,7H2,1H3. The highest BCUT2D eigenvalue weighted by molar-refractivity contribution is 6.32. The molecule has 0 bridgehead atoms. The van der Waals surface area contributed by atoms with E-state index in [1.54, 1.807) is 0 Å². The van der Waals surface area contributed by atoms with E-state index >= 15 is 0 Å². The number of phenolic OH excluding ortho intramolecular Hbond substituents is 1. The number of hydrogen-bond acceptors (Lipinski definition) is 5. The third-order valence-electron chi connectivity index (χ3n) is 3.46. The summed E-state index contributed by atoms with van der Waals surface area (Å²) in [6, 6.07) is 5.57. The molecule has 2 aromatic rings. The fourth-order valence-corrected chi connectivity index (χ4v) is 2.57. The first-order chi connectivity index (χ1) is 12.2. The van der Waals surface area contributed by atoms with Crippen molar-refractivity contribution in [3.05, 3.63) is 52.0 Å². The second-order valence-corrected chi connectivity index (χ2v) is 5.55. The second kappa shape index (κ2) is 7.78. The SMILES string of the molecule is [B]OC(=O)c1ccc(NCc2cc(C(F)(F)F)cc(Cl)c2OC)cc1O. The summed E-state index contributed by atoms with van der Waals surface area (Å²) < 4.78 is 47.9. The van der Waals surface area contributed by atoms with Gasteiger partial charge in [-0.05, 0) is 24.3 Å². The van der Waals surface area contributed by atoms with E-state index in [0.717, 1.165) is 12.1 Å². The van der Waals surface area contributed by atoms with Crippen LogP contribution in [-0.4, -0.2) is 26.2 Å². The molecule has 0 fully saturated rings. The molecule has 5 nitrogen and oxygen atoms in total. The predicted molar refractivity (Wildman–Crippen MR) is 89.6 cm³/mol. The zero-order valence-corrected chi connectivity index (χ0v) is 14.1. The average Bonchev–Trinajstić information content (AvgIpc) is 2.58. The lowest BCUT2D eigenvalue weighted by Gasteiger charge is -2.16. The molecule has 0 aromatic heterocycles. The Morgan fingerprint density at radius 1 is 1.31 bits per heavy atom. The highest BCUT2D eigenvalue weighted by Gasteiger charge is 2.32. The van der Waals surface area contributed by atoms with Gasteiger partial charge in [0.2, 0.25) is 0 Å². The normalized spacial score (nSPS) is 11.1. The Kier molecular flexibility index (Phi) is 5.92. The number of aromatic hydroxyl groups is 1. The van der Waals surface area contributed by atoms with Gasteiger partial charge in [-0.15, -0.1) is 0 Å². The van der Waals surface area contributed by atoms with Gasteiger partial charge in [0.25, 0.3) is 0 Å². The molecule has 0 unspecified atom stereocenters. The minimum Gasteiger partial charge on any atom is -0.540 e. The molecule has 10 heteroatoms. The van der Waals surface area contributed by atoms with E-state index in [0.29, 0.717) is 5.69 Å². The number of ether oxygens (including phenoxy) is 1. The zero-order valence-electron chi connectivity index (χ0n) is 13.4. The summed E-state index contributed by atoms with van der Waals surface area (Å²) in [6.07, 6.45) is -4.56. The largest absolute Gasteiger partial charge is 0.540 e. The van der Waals surface area contributed by atoms with Crippen molar-refractivity contribution < 1.29 is 32.5 Å². The highest BCUT2D eigenvalue weighted by atomic mass is 35.5. The van der Waals surface area contributed by atoms with Crippen molar-refractivity contribution in [2.45, 2.75) is 12.7 Å². The Morgan fingerprint density at radius 2 is 2.00 bits per heavy atom. The maximum atomic E-state index is 12.9. The Balaban J connectivity index is 2.27. The van der Waals surface area contributed by atoms with Gasteiger partial charge in [-0.1, -0.05) is 11.6 Å². The van der Waals surface area contributed by atoms with Crippen LogP contribution >= 0.6 is 11.6 Å². The monoisotopic (exact) mass is 385 g/mol. The van der Waals surface area contributed by atoms with Crippen LogP contribution in [0.2, 0.25) is 5.02 Å². The van der Waals surface area contributed by atoms with Crippen LogP contribution in [0.3, 0.4) is 0 Å². The van der Waals surface area contributed by atoms with Gasteiger partial charge < -0.3 is 19.8 Å². The van der Waals surface area contributed by atoms with E-state index in [1.165, 1.54) is 25.3 Å². The van der Waals surface area contributed by atoms with Crippen molar-refractivity contribution in [2.75, 3.05) is 12.4 Å². The number of alkyl halides is 3. The molecule has 0 aliphatic heterocycles. The third kappa shape index (κ3) is 4.34. The van der Waals surface area contributed by atoms with Crippen LogP contribution in [0.15, 0.2) is 30.3 Å². The summed E-state index contributed by atoms with van der Waals surface area (Å²) in [7, 11) is 6.04. The first-order valence-electron chi connectivity index (χ1n) is 7.09. The number of halogens is 4. The average molecular weight is 386 g/mol. The van der Waals surface area contributed by atoms with Crippen LogP contribution in [0.4, 0.5) is 18.9 Å².